The standard InChI is InChI=1S/C32H41N3O4S/c1-7-17-33-32(37)30(8-2)34(21-27-13-9-23(3)10-14-27)31(36)22-35(28-19-25(5)18-26(6)20-28)40(38,39)29-15-11-24(4)12-16-29/h9-16,18-20,30H,7-8,17,21-22H2,1-6H3,(H,33,37). The zero-order chi connectivity index (χ0) is 29.4. The molecule has 0 aliphatic rings. The van der Waals surface area contributed by atoms with Crippen LogP contribution in [0.2, 0.25) is 0 Å². The van der Waals surface area contributed by atoms with Crippen LogP contribution in [0.15, 0.2) is 71.6 Å². The van der Waals surface area contributed by atoms with Crippen molar-refractivity contribution in [3.63, 3.8) is 0 Å². The van der Waals surface area contributed by atoms with E-state index in [4.69, 9.17) is 0 Å². The first-order valence-corrected chi connectivity index (χ1v) is 15.2. The quantitative estimate of drug-likeness (QED) is 0.318. The van der Waals surface area contributed by atoms with E-state index in [9.17, 15) is 18.0 Å². The largest absolute Gasteiger partial charge is 0.354 e. The molecule has 0 saturated carbocycles. The normalized spacial score (nSPS) is 12.1. The highest BCUT2D eigenvalue weighted by atomic mass is 32.2. The van der Waals surface area contributed by atoms with Gasteiger partial charge >= 0.3 is 0 Å². The molecular weight excluding hydrogens is 522 g/mol. The summed E-state index contributed by atoms with van der Waals surface area (Å²) in [5.41, 5.74) is 5.05. The Kier molecular flexibility index (Phi) is 10.5. The smallest absolute Gasteiger partial charge is 0.264 e. The number of sulfonamides is 1. The lowest BCUT2D eigenvalue weighted by molar-refractivity contribution is -0.140. The van der Waals surface area contributed by atoms with Gasteiger partial charge in [-0.3, -0.25) is 13.9 Å². The number of nitrogens with zero attached hydrogens (tertiary/aromatic N) is 2. The lowest BCUT2D eigenvalue weighted by Gasteiger charge is -2.33. The summed E-state index contributed by atoms with van der Waals surface area (Å²) >= 11 is 0. The van der Waals surface area contributed by atoms with Crippen LogP contribution in [0.4, 0.5) is 5.69 Å². The Morgan fingerprint density at radius 2 is 1.35 bits per heavy atom. The Hall–Kier alpha value is -3.65. The lowest BCUT2D eigenvalue weighted by atomic mass is 10.1. The van der Waals surface area contributed by atoms with Gasteiger partial charge in [0.25, 0.3) is 10.0 Å². The first kappa shape index (κ1) is 30.9. The average Bonchev–Trinajstić information content (AvgIpc) is 2.91. The van der Waals surface area contributed by atoms with Crippen molar-refractivity contribution in [3.8, 4) is 0 Å². The van der Waals surface area contributed by atoms with Crippen molar-refractivity contribution >= 4 is 27.5 Å². The molecule has 0 aliphatic heterocycles. The number of aryl methyl sites for hydroxylation is 4. The van der Waals surface area contributed by atoms with E-state index in [0.717, 1.165) is 34.2 Å². The van der Waals surface area contributed by atoms with Crippen molar-refractivity contribution in [2.75, 3.05) is 17.4 Å². The molecule has 8 heteroatoms. The van der Waals surface area contributed by atoms with E-state index in [2.05, 4.69) is 5.32 Å². The first-order chi connectivity index (χ1) is 19.0. The second-order valence-corrected chi connectivity index (χ2v) is 12.3. The monoisotopic (exact) mass is 563 g/mol. The minimum atomic E-state index is -4.09. The van der Waals surface area contributed by atoms with E-state index in [0.29, 0.717) is 18.7 Å². The SMILES string of the molecule is CCCNC(=O)C(CC)N(Cc1ccc(C)cc1)C(=O)CN(c1cc(C)cc(C)c1)S(=O)(=O)c1ccc(C)cc1. The van der Waals surface area contributed by atoms with Crippen LogP contribution >= 0.6 is 0 Å². The molecule has 3 aromatic rings. The van der Waals surface area contributed by atoms with E-state index in [-0.39, 0.29) is 17.3 Å². The van der Waals surface area contributed by atoms with Crippen molar-refractivity contribution < 1.29 is 18.0 Å². The maximum absolute atomic E-state index is 14.1. The number of hydrogen-bond donors (Lipinski definition) is 1. The second-order valence-electron chi connectivity index (χ2n) is 10.4. The lowest BCUT2D eigenvalue weighted by Crippen LogP contribution is -2.52. The van der Waals surface area contributed by atoms with Crippen molar-refractivity contribution in [2.24, 2.45) is 0 Å². The number of benzene rings is 3. The van der Waals surface area contributed by atoms with Crippen LogP contribution in [0.3, 0.4) is 0 Å². The van der Waals surface area contributed by atoms with Crippen LogP contribution in [0.25, 0.3) is 0 Å². The van der Waals surface area contributed by atoms with E-state index >= 15 is 0 Å². The summed E-state index contributed by atoms with van der Waals surface area (Å²) in [6.45, 7) is 11.7. The van der Waals surface area contributed by atoms with Gasteiger partial charge in [0.1, 0.15) is 12.6 Å². The number of carbonyl (C=O) groups is 2. The van der Waals surface area contributed by atoms with E-state index in [1.807, 2.05) is 71.9 Å². The molecule has 214 valence electrons. The summed E-state index contributed by atoms with van der Waals surface area (Å²) in [6, 6.07) is 19.1. The number of rotatable bonds is 12. The average molecular weight is 564 g/mol. The van der Waals surface area contributed by atoms with Crippen LogP contribution in [0.5, 0.6) is 0 Å². The zero-order valence-electron chi connectivity index (χ0n) is 24.4. The third-order valence-electron chi connectivity index (χ3n) is 6.79. The molecule has 40 heavy (non-hydrogen) atoms. The predicted octanol–water partition coefficient (Wildman–Crippen LogP) is 5.45. The summed E-state index contributed by atoms with van der Waals surface area (Å²) in [6.07, 6.45) is 1.16. The van der Waals surface area contributed by atoms with Gasteiger partial charge in [0.15, 0.2) is 0 Å². The molecule has 0 heterocycles. The Balaban J connectivity index is 2.08. The molecule has 1 atom stereocenters. The maximum atomic E-state index is 14.1. The molecule has 0 bridgehead atoms. The highest BCUT2D eigenvalue weighted by molar-refractivity contribution is 7.92. The van der Waals surface area contributed by atoms with Crippen LogP contribution in [-0.2, 0) is 26.2 Å². The third-order valence-corrected chi connectivity index (χ3v) is 8.58. The molecule has 1 unspecified atom stereocenters. The summed E-state index contributed by atoms with van der Waals surface area (Å²) in [4.78, 5) is 28.9. The van der Waals surface area contributed by atoms with E-state index in [1.54, 1.807) is 36.4 Å². The minimum absolute atomic E-state index is 0.0999. The summed E-state index contributed by atoms with van der Waals surface area (Å²) in [5.74, 6) is -0.696. The molecule has 0 aromatic heterocycles. The van der Waals surface area contributed by atoms with Crippen LogP contribution in [-0.4, -0.2) is 44.3 Å². The molecule has 0 radical (unpaired) electrons. The zero-order valence-corrected chi connectivity index (χ0v) is 25.2. The van der Waals surface area contributed by atoms with Gasteiger partial charge in [-0.25, -0.2) is 8.42 Å². The molecule has 3 aromatic carbocycles. The topological polar surface area (TPSA) is 86.8 Å². The first-order valence-electron chi connectivity index (χ1n) is 13.8. The fourth-order valence-electron chi connectivity index (χ4n) is 4.64. The van der Waals surface area contributed by atoms with Gasteiger partial charge in [-0.05, 0) is 81.5 Å². The van der Waals surface area contributed by atoms with Crippen LogP contribution < -0.4 is 9.62 Å². The van der Waals surface area contributed by atoms with Gasteiger partial charge in [0, 0.05) is 13.1 Å². The minimum Gasteiger partial charge on any atom is -0.354 e. The molecule has 0 spiro atoms. The summed E-state index contributed by atoms with van der Waals surface area (Å²) in [5, 5.41) is 2.91. The Bertz CT molecular complexity index is 1400. The number of anilines is 1. The highest BCUT2D eigenvalue weighted by Gasteiger charge is 2.33. The molecule has 7 nitrogen and oxygen atoms in total. The maximum Gasteiger partial charge on any atom is 0.264 e. The molecule has 3 rings (SSSR count). The molecule has 0 saturated heterocycles. The Morgan fingerprint density at radius 3 is 1.88 bits per heavy atom. The van der Waals surface area contributed by atoms with Crippen LogP contribution in [0.1, 0.15) is 54.5 Å². The van der Waals surface area contributed by atoms with Gasteiger partial charge in [-0.1, -0.05) is 67.4 Å². The van der Waals surface area contributed by atoms with E-state index in [1.165, 1.54) is 9.21 Å². The molecule has 2 amide bonds. The molecule has 0 aliphatic carbocycles. The van der Waals surface area contributed by atoms with E-state index < -0.39 is 28.5 Å². The van der Waals surface area contributed by atoms with Gasteiger partial charge < -0.3 is 10.2 Å². The number of hydrogen-bond acceptors (Lipinski definition) is 4. The fourth-order valence-corrected chi connectivity index (χ4v) is 6.03. The van der Waals surface area contributed by atoms with Crippen molar-refractivity contribution in [3.05, 3.63) is 94.5 Å². The highest BCUT2D eigenvalue weighted by Crippen LogP contribution is 2.27. The van der Waals surface area contributed by atoms with Gasteiger partial charge in [-0.2, -0.15) is 0 Å². The Morgan fingerprint density at radius 1 is 0.800 bits per heavy atom. The van der Waals surface area contributed by atoms with Crippen molar-refractivity contribution in [1.82, 2.24) is 10.2 Å². The number of amides is 2. The summed E-state index contributed by atoms with van der Waals surface area (Å²) in [7, 11) is -4.09. The van der Waals surface area contributed by atoms with Gasteiger partial charge in [0.05, 0.1) is 10.6 Å². The molecule has 1 N–H and O–H groups in total. The van der Waals surface area contributed by atoms with Gasteiger partial charge in [0.2, 0.25) is 11.8 Å². The second kappa shape index (κ2) is 13.6. The van der Waals surface area contributed by atoms with Gasteiger partial charge in [-0.15, -0.1) is 0 Å². The predicted molar refractivity (Wildman–Crippen MR) is 161 cm³/mol. The number of carbonyl (C=O) groups excluding carboxylic acids is 2. The third kappa shape index (κ3) is 7.72. The fraction of sp³-hybridized carbons (Fsp3) is 0.375. The van der Waals surface area contributed by atoms with Crippen molar-refractivity contribution in [1.29, 1.82) is 0 Å². The van der Waals surface area contributed by atoms with Crippen LogP contribution in [0, 0.1) is 27.7 Å². The Labute approximate surface area is 239 Å². The molecule has 0 fully saturated rings. The summed E-state index contributed by atoms with van der Waals surface area (Å²) < 4.78 is 29.2. The number of nitrogens with one attached hydrogen (secondary N) is 1. The molecular formula is C32H41N3O4S. The van der Waals surface area contributed by atoms with Crippen molar-refractivity contribution in [2.45, 2.75) is 71.9 Å².